The standard InChI is InChI=1S/C17H13N3OS2/c1-2-22-17-20-19-16(21-17)12-10-14(15-8-5-9-23-15)18-13-7-4-3-6-11(12)13/h3-10H,2H2,1H3. The first-order chi connectivity index (χ1) is 11.3. The zero-order valence-electron chi connectivity index (χ0n) is 12.4. The number of rotatable bonds is 4. The number of aromatic nitrogens is 3. The summed E-state index contributed by atoms with van der Waals surface area (Å²) in [6.45, 7) is 2.06. The molecule has 6 heteroatoms. The van der Waals surface area contributed by atoms with Crippen molar-refractivity contribution >= 4 is 34.0 Å². The highest BCUT2D eigenvalue weighted by molar-refractivity contribution is 7.99. The van der Waals surface area contributed by atoms with Crippen molar-refractivity contribution in [3.63, 3.8) is 0 Å². The summed E-state index contributed by atoms with van der Waals surface area (Å²) in [5.41, 5.74) is 2.78. The van der Waals surface area contributed by atoms with Crippen LogP contribution in [0.25, 0.3) is 32.9 Å². The average Bonchev–Trinajstić information content (AvgIpc) is 3.26. The summed E-state index contributed by atoms with van der Waals surface area (Å²) in [4.78, 5) is 5.89. The molecule has 4 rings (SSSR count). The second kappa shape index (κ2) is 6.14. The van der Waals surface area contributed by atoms with Crippen molar-refractivity contribution in [2.24, 2.45) is 0 Å². The normalized spacial score (nSPS) is 11.2. The average molecular weight is 339 g/mol. The third kappa shape index (κ3) is 2.75. The fraction of sp³-hybridized carbons (Fsp3) is 0.118. The van der Waals surface area contributed by atoms with E-state index in [2.05, 4.69) is 28.6 Å². The number of nitrogens with zero attached hydrogens (tertiary/aromatic N) is 3. The maximum Gasteiger partial charge on any atom is 0.276 e. The van der Waals surface area contributed by atoms with Crippen LogP contribution in [0, 0.1) is 0 Å². The van der Waals surface area contributed by atoms with Crippen LogP contribution in [0.2, 0.25) is 0 Å². The Kier molecular flexibility index (Phi) is 3.85. The quantitative estimate of drug-likeness (QED) is 0.483. The van der Waals surface area contributed by atoms with E-state index in [0.29, 0.717) is 11.1 Å². The van der Waals surface area contributed by atoms with Crippen LogP contribution in [0.15, 0.2) is 57.5 Å². The first-order valence-corrected chi connectivity index (χ1v) is 9.12. The van der Waals surface area contributed by atoms with Gasteiger partial charge in [-0.15, -0.1) is 21.5 Å². The van der Waals surface area contributed by atoms with Crippen LogP contribution in [0.3, 0.4) is 0 Å². The van der Waals surface area contributed by atoms with Gasteiger partial charge in [-0.05, 0) is 29.3 Å². The Morgan fingerprint density at radius 3 is 2.87 bits per heavy atom. The Bertz CT molecular complexity index is 948. The molecular formula is C17H13N3OS2. The van der Waals surface area contributed by atoms with Crippen molar-refractivity contribution in [1.82, 2.24) is 15.2 Å². The molecule has 0 unspecified atom stereocenters. The minimum atomic E-state index is 0.539. The summed E-state index contributed by atoms with van der Waals surface area (Å²) < 4.78 is 5.81. The van der Waals surface area contributed by atoms with Gasteiger partial charge in [-0.2, -0.15) is 0 Å². The maximum absolute atomic E-state index is 5.81. The van der Waals surface area contributed by atoms with Crippen LogP contribution in [-0.4, -0.2) is 20.9 Å². The molecule has 0 spiro atoms. The molecule has 1 aromatic carbocycles. The second-order valence-corrected chi connectivity index (χ2v) is 7.02. The summed E-state index contributed by atoms with van der Waals surface area (Å²) in [5, 5.41) is 12.0. The summed E-state index contributed by atoms with van der Waals surface area (Å²) in [6, 6.07) is 14.2. The number of para-hydroxylation sites is 1. The second-order valence-electron chi connectivity index (χ2n) is 4.86. The van der Waals surface area contributed by atoms with E-state index in [4.69, 9.17) is 9.40 Å². The van der Waals surface area contributed by atoms with E-state index < -0.39 is 0 Å². The predicted octanol–water partition coefficient (Wildman–Crippen LogP) is 5.13. The first kappa shape index (κ1) is 14.4. The van der Waals surface area contributed by atoms with E-state index in [-0.39, 0.29) is 0 Å². The number of benzene rings is 1. The highest BCUT2D eigenvalue weighted by Crippen LogP contribution is 2.33. The van der Waals surface area contributed by atoms with Gasteiger partial charge in [0.25, 0.3) is 5.22 Å². The lowest BCUT2D eigenvalue weighted by Crippen LogP contribution is -1.88. The van der Waals surface area contributed by atoms with Gasteiger partial charge in [-0.1, -0.05) is 43.0 Å². The van der Waals surface area contributed by atoms with Gasteiger partial charge < -0.3 is 4.42 Å². The van der Waals surface area contributed by atoms with Gasteiger partial charge in [0.05, 0.1) is 21.7 Å². The monoisotopic (exact) mass is 339 g/mol. The Morgan fingerprint density at radius 1 is 1.13 bits per heavy atom. The number of thioether (sulfide) groups is 1. The first-order valence-electron chi connectivity index (χ1n) is 7.25. The highest BCUT2D eigenvalue weighted by Gasteiger charge is 2.15. The summed E-state index contributed by atoms with van der Waals surface area (Å²) in [5.74, 6) is 1.44. The van der Waals surface area contributed by atoms with Crippen LogP contribution in [-0.2, 0) is 0 Å². The lowest BCUT2D eigenvalue weighted by Gasteiger charge is -2.05. The molecular weight excluding hydrogens is 326 g/mol. The summed E-state index contributed by atoms with van der Waals surface area (Å²) in [7, 11) is 0. The van der Waals surface area contributed by atoms with Crippen molar-refractivity contribution in [3.05, 3.63) is 47.8 Å². The Hall–Kier alpha value is -2.18. The molecule has 0 saturated heterocycles. The maximum atomic E-state index is 5.81. The fourth-order valence-corrected chi connectivity index (χ4v) is 3.57. The molecule has 0 aliphatic heterocycles. The Morgan fingerprint density at radius 2 is 2.04 bits per heavy atom. The molecule has 0 aliphatic rings. The zero-order chi connectivity index (χ0) is 15.6. The van der Waals surface area contributed by atoms with Gasteiger partial charge in [0.15, 0.2) is 0 Å². The molecule has 4 nitrogen and oxygen atoms in total. The van der Waals surface area contributed by atoms with E-state index in [1.807, 2.05) is 36.4 Å². The SMILES string of the molecule is CCSc1nnc(-c2cc(-c3cccs3)nc3ccccc23)o1. The number of pyridine rings is 1. The largest absolute Gasteiger partial charge is 0.411 e. The van der Waals surface area contributed by atoms with Crippen molar-refractivity contribution in [2.45, 2.75) is 12.1 Å². The third-order valence-corrected chi connectivity index (χ3v) is 4.99. The van der Waals surface area contributed by atoms with E-state index in [1.54, 1.807) is 23.1 Å². The summed E-state index contributed by atoms with van der Waals surface area (Å²) >= 11 is 3.21. The molecule has 0 amide bonds. The van der Waals surface area contributed by atoms with Crippen molar-refractivity contribution in [1.29, 1.82) is 0 Å². The minimum Gasteiger partial charge on any atom is -0.411 e. The van der Waals surface area contributed by atoms with E-state index in [9.17, 15) is 0 Å². The van der Waals surface area contributed by atoms with E-state index >= 15 is 0 Å². The van der Waals surface area contributed by atoms with Crippen molar-refractivity contribution < 1.29 is 4.42 Å². The lowest BCUT2D eigenvalue weighted by atomic mass is 10.1. The molecule has 23 heavy (non-hydrogen) atoms. The molecule has 3 heterocycles. The number of hydrogen-bond acceptors (Lipinski definition) is 6. The molecule has 0 atom stereocenters. The Labute approximate surface area is 141 Å². The summed E-state index contributed by atoms with van der Waals surface area (Å²) in [6.07, 6.45) is 0. The molecule has 3 aromatic heterocycles. The van der Waals surface area contributed by atoms with Crippen molar-refractivity contribution in [2.75, 3.05) is 5.75 Å². The van der Waals surface area contributed by atoms with Crippen LogP contribution >= 0.6 is 23.1 Å². The number of fused-ring (bicyclic) bond motifs is 1. The van der Waals surface area contributed by atoms with Crippen molar-refractivity contribution in [3.8, 4) is 22.0 Å². The predicted molar refractivity (Wildman–Crippen MR) is 94.7 cm³/mol. The van der Waals surface area contributed by atoms with Gasteiger partial charge in [0, 0.05) is 5.39 Å². The third-order valence-electron chi connectivity index (χ3n) is 3.39. The minimum absolute atomic E-state index is 0.539. The topological polar surface area (TPSA) is 51.8 Å². The van der Waals surface area contributed by atoms with Crippen LogP contribution in [0.1, 0.15) is 6.92 Å². The zero-order valence-corrected chi connectivity index (χ0v) is 14.0. The molecule has 0 radical (unpaired) electrons. The van der Waals surface area contributed by atoms with Gasteiger partial charge in [0.2, 0.25) is 5.89 Å². The molecule has 4 aromatic rings. The van der Waals surface area contributed by atoms with Gasteiger partial charge >= 0.3 is 0 Å². The molecule has 0 aliphatic carbocycles. The molecule has 114 valence electrons. The van der Waals surface area contributed by atoms with Crippen LogP contribution < -0.4 is 0 Å². The molecule has 0 fully saturated rings. The molecule has 0 saturated carbocycles. The van der Waals surface area contributed by atoms with E-state index in [0.717, 1.165) is 32.8 Å². The Balaban J connectivity index is 1.92. The van der Waals surface area contributed by atoms with Gasteiger partial charge in [-0.25, -0.2) is 4.98 Å². The van der Waals surface area contributed by atoms with Gasteiger partial charge in [0.1, 0.15) is 0 Å². The molecule has 0 bridgehead atoms. The highest BCUT2D eigenvalue weighted by atomic mass is 32.2. The molecule has 0 N–H and O–H groups in total. The fourth-order valence-electron chi connectivity index (χ4n) is 2.40. The van der Waals surface area contributed by atoms with Gasteiger partial charge in [-0.3, -0.25) is 0 Å². The smallest absolute Gasteiger partial charge is 0.276 e. The lowest BCUT2D eigenvalue weighted by molar-refractivity contribution is 0.466. The number of thiophene rings is 1. The van der Waals surface area contributed by atoms with Crippen LogP contribution in [0.5, 0.6) is 0 Å². The van der Waals surface area contributed by atoms with Crippen LogP contribution in [0.4, 0.5) is 0 Å². The van der Waals surface area contributed by atoms with E-state index in [1.165, 1.54) is 0 Å². The number of hydrogen-bond donors (Lipinski definition) is 0.